The van der Waals surface area contributed by atoms with Gasteiger partial charge in [0.25, 0.3) is 11.8 Å². The Kier molecular flexibility index (Phi) is 5.10. The third kappa shape index (κ3) is 3.43. The Hall–Kier alpha value is -3.39. The van der Waals surface area contributed by atoms with Gasteiger partial charge in [-0.1, -0.05) is 68.8 Å². The normalized spacial score (nSPS) is 19.7. The first-order chi connectivity index (χ1) is 18.5. The summed E-state index contributed by atoms with van der Waals surface area (Å²) in [6, 6.07) is 13.8. The molecule has 198 valence electrons. The van der Waals surface area contributed by atoms with Crippen LogP contribution in [0.15, 0.2) is 54.6 Å². The van der Waals surface area contributed by atoms with Gasteiger partial charge in [-0.15, -0.1) is 0 Å². The van der Waals surface area contributed by atoms with Gasteiger partial charge in [-0.05, 0) is 36.3 Å². The van der Waals surface area contributed by atoms with E-state index in [0.29, 0.717) is 16.1 Å². The summed E-state index contributed by atoms with van der Waals surface area (Å²) in [4.78, 5) is 30.1. The van der Waals surface area contributed by atoms with Gasteiger partial charge in [0.2, 0.25) is 0 Å². The first-order valence-electron chi connectivity index (χ1n) is 13.4. The van der Waals surface area contributed by atoms with Crippen molar-refractivity contribution >= 4 is 75.3 Å². The number of halogens is 1. The SMILES string of the molecule is CC(C)(C)[Si](C)(C)O[C@H]1C=CC(n2c3ccccc3c3c4c(c5c6ccc(Cl)cc6[nH]c5c32)C(=O)NC4=O)C1. The highest BCUT2D eigenvalue weighted by atomic mass is 35.5. The maximum atomic E-state index is 13.3. The lowest BCUT2D eigenvalue weighted by Gasteiger charge is -2.38. The van der Waals surface area contributed by atoms with Crippen LogP contribution in [0, 0.1) is 0 Å². The van der Waals surface area contributed by atoms with Crippen LogP contribution < -0.4 is 5.32 Å². The fourth-order valence-corrected chi connectivity index (χ4v) is 7.58. The largest absolute Gasteiger partial charge is 0.410 e. The molecular formula is C31H30ClN3O3Si. The lowest BCUT2D eigenvalue weighted by Crippen LogP contribution is -2.43. The molecule has 2 aliphatic rings. The average molecular weight is 556 g/mol. The molecule has 0 bridgehead atoms. The van der Waals surface area contributed by atoms with E-state index >= 15 is 0 Å². The van der Waals surface area contributed by atoms with Crippen LogP contribution in [0.2, 0.25) is 23.2 Å². The standard InChI is InChI=1S/C31H30ClN3O3Si/c1-31(2,3)39(4,5)38-18-12-11-17(15-18)35-22-9-7-6-8-20(22)24-26-25(29(36)34-30(26)37)23-19-13-10-16(32)14-21(19)33-27(23)28(24)35/h6-14,17-18,33H,15H2,1-5H3,(H,34,36,37)/t17?,18-/m0/s1. The third-order valence-corrected chi connectivity index (χ3v) is 13.7. The molecule has 2 atom stereocenters. The highest BCUT2D eigenvalue weighted by Crippen LogP contribution is 2.47. The predicted octanol–water partition coefficient (Wildman–Crippen LogP) is 7.86. The van der Waals surface area contributed by atoms with E-state index in [2.05, 4.69) is 67.0 Å². The number of hydrogen-bond acceptors (Lipinski definition) is 3. The highest BCUT2D eigenvalue weighted by molar-refractivity contribution is 6.74. The molecule has 0 fully saturated rings. The van der Waals surface area contributed by atoms with E-state index in [1.807, 2.05) is 36.4 Å². The number of fused-ring (bicyclic) bond motifs is 10. The molecule has 2 amide bonds. The molecule has 1 aliphatic heterocycles. The van der Waals surface area contributed by atoms with E-state index in [9.17, 15) is 9.59 Å². The van der Waals surface area contributed by atoms with Crippen LogP contribution in [-0.2, 0) is 4.43 Å². The molecule has 6 nitrogen and oxygen atoms in total. The van der Waals surface area contributed by atoms with Crippen molar-refractivity contribution < 1.29 is 14.0 Å². The van der Waals surface area contributed by atoms with Crippen LogP contribution in [0.3, 0.4) is 0 Å². The summed E-state index contributed by atoms with van der Waals surface area (Å²) >= 11 is 6.36. The molecule has 5 aromatic rings. The average Bonchev–Trinajstić information content (AvgIpc) is 3.60. The molecule has 0 spiro atoms. The van der Waals surface area contributed by atoms with E-state index in [1.54, 1.807) is 0 Å². The Balaban J connectivity index is 1.53. The van der Waals surface area contributed by atoms with Gasteiger partial charge >= 0.3 is 0 Å². The van der Waals surface area contributed by atoms with Crippen LogP contribution in [0.25, 0.3) is 43.6 Å². The molecule has 7 rings (SSSR count). The van der Waals surface area contributed by atoms with E-state index in [1.165, 1.54) is 0 Å². The van der Waals surface area contributed by atoms with Crippen LogP contribution in [0.1, 0.15) is 53.9 Å². The minimum Gasteiger partial charge on any atom is -0.410 e. The van der Waals surface area contributed by atoms with Crippen molar-refractivity contribution in [1.82, 2.24) is 14.9 Å². The van der Waals surface area contributed by atoms with Gasteiger partial charge in [-0.3, -0.25) is 14.9 Å². The predicted molar refractivity (Wildman–Crippen MR) is 160 cm³/mol. The fraction of sp³-hybridized carbons (Fsp3) is 0.290. The molecule has 3 aromatic carbocycles. The van der Waals surface area contributed by atoms with Crippen molar-refractivity contribution in [2.24, 2.45) is 0 Å². The maximum Gasteiger partial charge on any atom is 0.259 e. The molecule has 3 heterocycles. The lowest BCUT2D eigenvalue weighted by atomic mass is 9.96. The van der Waals surface area contributed by atoms with Crippen LogP contribution in [0.4, 0.5) is 0 Å². The number of nitrogens with zero attached hydrogens (tertiary/aromatic N) is 1. The number of H-pyrrole nitrogens is 1. The van der Waals surface area contributed by atoms with Crippen LogP contribution in [-0.4, -0.2) is 35.8 Å². The summed E-state index contributed by atoms with van der Waals surface area (Å²) in [7, 11) is -1.96. The fourth-order valence-electron chi connectivity index (χ4n) is 6.13. The summed E-state index contributed by atoms with van der Waals surface area (Å²) in [6.07, 6.45) is 5.24. The molecule has 2 N–H and O–H groups in total. The summed E-state index contributed by atoms with van der Waals surface area (Å²) in [5.74, 6) is -0.715. The van der Waals surface area contributed by atoms with Gasteiger partial charge < -0.3 is 14.0 Å². The number of para-hydroxylation sites is 1. The Morgan fingerprint density at radius 1 is 0.974 bits per heavy atom. The second-order valence-corrected chi connectivity index (χ2v) is 17.5. The van der Waals surface area contributed by atoms with Crippen molar-refractivity contribution in [2.75, 3.05) is 0 Å². The maximum absolute atomic E-state index is 13.3. The summed E-state index contributed by atoms with van der Waals surface area (Å²) in [5, 5.41) is 6.67. The van der Waals surface area contributed by atoms with Crippen molar-refractivity contribution in [1.29, 1.82) is 0 Å². The zero-order chi connectivity index (χ0) is 27.4. The Morgan fingerprint density at radius 2 is 1.69 bits per heavy atom. The Morgan fingerprint density at radius 3 is 2.44 bits per heavy atom. The van der Waals surface area contributed by atoms with E-state index in [4.69, 9.17) is 16.0 Å². The zero-order valence-electron chi connectivity index (χ0n) is 22.6. The second-order valence-electron chi connectivity index (χ2n) is 12.3. The number of amides is 2. The van der Waals surface area contributed by atoms with Crippen molar-refractivity contribution in [3.8, 4) is 0 Å². The number of imide groups is 1. The molecule has 1 unspecified atom stereocenters. The number of rotatable bonds is 3. The van der Waals surface area contributed by atoms with E-state index in [-0.39, 0.29) is 29.0 Å². The van der Waals surface area contributed by atoms with Crippen molar-refractivity contribution in [3.05, 3.63) is 70.8 Å². The molecule has 39 heavy (non-hydrogen) atoms. The van der Waals surface area contributed by atoms with Crippen LogP contribution >= 0.6 is 11.6 Å². The molecule has 2 aromatic heterocycles. The van der Waals surface area contributed by atoms with Gasteiger partial charge in [-0.25, -0.2) is 0 Å². The number of hydrogen-bond donors (Lipinski definition) is 2. The molecule has 0 saturated carbocycles. The number of aromatic amines is 1. The summed E-state index contributed by atoms with van der Waals surface area (Å²) in [6.45, 7) is 11.3. The number of carbonyl (C=O) groups excluding carboxylic acids is 2. The van der Waals surface area contributed by atoms with Gasteiger partial charge in [0.05, 0.1) is 34.3 Å². The quantitative estimate of drug-likeness (QED) is 0.135. The highest BCUT2D eigenvalue weighted by Gasteiger charge is 2.41. The third-order valence-electron chi connectivity index (χ3n) is 8.94. The number of carbonyl (C=O) groups is 2. The number of benzene rings is 3. The first kappa shape index (κ1) is 24.6. The van der Waals surface area contributed by atoms with E-state index < -0.39 is 8.32 Å². The van der Waals surface area contributed by atoms with Gasteiger partial charge in [0.1, 0.15) is 0 Å². The topological polar surface area (TPSA) is 76.1 Å². The molecular weight excluding hydrogens is 526 g/mol. The van der Waals surface area contributed by atoms with Gasteiger partial charge in [-0.2, -0.15) is 0 Å². The monoisotopic (exact) mass is 555 g/mol. The zero-order valence-corrected chi connectivity index (χ0v) is 24.4. The van der Waals surface area contributed by atoms with Crippen molar-refractivity contribution in [3.63, 3.8) is 0 Å². The van der Waals surface area contributed by atoms with Crippen molar-refractivity contribution in [2.45, 2.75) is 57.5 Å². The smallest absolute Gasteiger partial charge is 0.259 e. The van der Waals surface area contributed by atoms with Gasteiger partial charge in [0.15, 0.2) is 8.32 Å². The number of nitrogens with one attached hydrogen (secondary N) is 2. The Labute approximate surface area is 232 Å². The van der Waals surface area contributed by atoms with E-state index in [0.717, 1.165) is 50.0 Å². The number of allylic oxidation sites excluding steroid dienone is 1. The molecule has 1 aliphatic carbocycles. The minimum absolute atomic E-state index is 0.0171. The minimum atomic E-state index is -1.96. The van der Waals surface area contributed by atoms with Crippen LogP contribution in [0.5, 0.6) is 0 Å². The first-order valence-corrected chi connectivity index (χ1v) is 16.7. The molecule has 8 heteroatoms. The molecule has 0 radical (unpaired) electrons. The van der Waals surface area contributed by atoms with Gasteiger partial charge in [0, 0.05) is 44.0 Å². The summed E-state index contributed by atoms with van der Waals surface area (Å²) < 4.78 is 9.10. The number of aromatic nitrogens is 2. The lowest BCUT2D eigenvalue weighted by molar-refractivity contribution is 0.0880. The second kappa shape index (κ2) is 8.07. The Bertz CT molecular complexity index is 1920. The molecule has 0 saturated heterocycles. The summed E-state index contributed by atoms with van der Waals surface area (Å²) in [5.41, 5.74) is 4.49.